The molecule has 0 bridgehead atoms. The molecule has 14 heavy (non-hydrogen) atoms. The Morgan fingerprint density at radius 1 is 1.64 bits per heavy atom. The van der Waals surface area contributed by atoms with Crippen LogP contribution in [0.5, 0.6) is 0 Å². The van der Waals surface area contributed by atoms with Crippen LogP contribution < -0.4 is 5.32 Å². The Hall–Kier alpha value is -1.40. The molecule has 0 radical (unpaired) electrons. The minimum atomic E-state index is 0.275. The summed E-state index contributed by atoms with van der Waals surface area (Å²) in [6.45, 7) is 2.92. The lowest BCUT2D eigenvalue weighted by Crippen LogP contribution is -2.27. The van der Waals surface area contributed by atoms with Crippen molar-refractivity contribution < 1.29 is 0 Å². The molecule has 0 saturated carbocycles. The van der Waals surface area contributed by atoms with Gasteiger partial charge in [0.15, 0.2) is 0 Å². The first-order valence-corrected chi connectivity index (χ1v) is 4.82. The number of pyridine rings is 1. The van der Waals surface area contributed by atoms with Gasteiger partial charge in [-0.2, -0.15) is 5.26 Å². The highest BCUT2D eigenvalue weighted by molar-refractivity contribution is 5.08. The molecule has 0 fully saturated rings. The Bertz CT molecular complexity index is 289. The van der Waals surface area contributed by atoms with Crippen LogP contribution in [0.2, 0.25) is 0 Å². The molecule has 74 valence electrons. The molecule has 0 amide bonds. The Morgan fingerprint density at radius 2 is 2.50 bits per heavy atom. The van der Waals surface area contributed by atoms with Crippen molar-refractivity contribution in [1.29, 1.82) is 5.26 Å². The van der Waals surface area contributed by atoms with Crippen molar-refractivity contribution in [3.8, 4) is 6.07 Å². The highest BCUT2D eigenvalue weighted by atomic mass is 14.9. The zero-order chi connectivity index (χ0) is 10.2. The van der Waals surface area contributed by atoms with E-state index in [1.165, 1.54) is 5.56 Å². The van der Waals surface area contributed by atoms with Gasteiger partial charge in [-0.3, -0.25) is 4.98 Å². The number of nitriles is 1. The van der Waals surface area contributed by atoms with Crippen molar-refractivity contribution in [2.24, 2.45) is 0 Å². The molecular formula is C11H15N3. The van der Waals surface area contributed by atoms with E-state index in [4.69, 9.17) is 5.26 Å². The first-order valence-electron chi connectivity index (χ1n) is 4.82. The van der Waals surface area contributed by atoms with Crippen molar-refractivity contribution in [3.05, 3.63) is 30.1 Å². The second-order valence-electron chi connectivity index (χ2n) is 3.33. The summed E-state index contributed by atoms with van der Waals surface area (Å²) in [6, 6.07) is 6.41. The summed E-state index contributed by atoms with van der Waals surface area (Å²) >= 11 is 0. The molecule has 0 saturated heterocycles. The predicted molar refractivity (Wildman–Crippen MR) is 55.6 cm³/mol. The number of rotatable bonds is 5. The molecule has 0 aromatic carbocycles. The monoisotopic (exact) mass is 189 g/mol. The van der Waals surface area contributed by atoms with Crippen LogP contribution in [-0.4, -0.2) is 17.6 Å². The molecule has 3 heteroatoms. The molecule has 1 aromatic heterocycles. The first-order chi connectivity index (χ1) is 6.83. The summed E-state index contributed by atoms with van der Waals surface area (Å²) in [7, 11) is 0. The molecule has 1 rings (SSSR count). The van der Waals surface area contributed by atoms with Gasteiger partial charge in [-0.15, -0.1) is 0 Å². The second kappa shape index (κ2) is 6.11. The first kappa shape index (κ1) is 10.7. The summed E-state index contributed by atoms with van der Waals surface area (Å²) in [5, 5.41) is 11.7. The number of hydrogen-bond donors (Lipinski definition) is 1. The predicted octanol–water partition coefficient (Wildman–Crippen LogP) is 1.52. The zero-order valence-electron chi connectivity index (χ0n) is 8.40. The lowest BCUT2D eigenvalue weighted by Gasteiger charge is -2.09. The molecule has 3 nitrogen and oxygen atoms in total. The molecule has 1 aromatic rings. The van der Waals surface area contributed by atoms with E-state index in [1.807, 2.05) is 19.2 Å². The Kier molecular flexibility index (Phi) is 4.66. The van der Waals surface area contributed by atoms with Crippen LogP contribution in [0.1, 0.15) is 18.9 Å². The number of aromatic nitrogens is 1. The van der Waals surface area contributed by atoms with Crippen LogP contribution in [0.3, 0.4) is 0 Å². The van der Waals surface area contributed by atoms with Gasteiger partial charge in [0.25, 0.3) is 0 Å². The van der Waals surface area contributed by atoms with Crippen LogP contribution in [0.4, 0.5) is 0 Å². The summed E-state index contributed by atoms with van der Waals surface area (Å²) in [4.78, 5) is 4.04. The molecule has 1 unspecified atom stereocenters. The van der Waals surface area contributed by atoms with E-state index in [0.717, 1.165) is 13.0 Å². The molecule has 0 aliphatic heterocycles. The number of hydrogen-bond acceptors (Lipinski definition) is 3. The third-order valence-corrected chi connectivity index (χ3v) is 2.03. The largest absolute Gasteiger partial charge is 0.313 e. The van der Waals surface area contributed by atoms with E-state index in [2.05, 4.69) is 22.4 Å². The molecule has 1 atom stereocenters. The third kappa shape index (κ3) is 4.01. The van der Waals surface area contributed by atoms with Gasteiger partial charge in [-0.25, -0.2) is 0 Å². The maximum absolute atomic E-state index is 8.45. The van der Waals surface area contributed by atoms with E-state index in [0.29, 0.717) is 6.42 Å². The highest BCUT2D eigenvalue weighted by Gasteiger charge is 1.99. The van der Waals surface area contributed by atoms with Crippen molar-refractivity contribution in [3.63, 3.8) is 0 Å². The van der Waals surface area contributed by atoms with E-state index < -0.39 is 0 Å². The Balaban J connectivity index is 2.19. The lowest BCUT2D eigenvalue weighted by atomic mass is 10.2. The smallest absolute Gasteiger partial charge is 0.0638 e. The number of nitrogens with one attached hydrogen (secondary N) is 1. The summed E-state index contributed by atoms with van der Waals surface area (Å²) in [6.07, 6.45) is 5.17. The van der Waals surface area contributed by atoms with E-state index in [1.54, 1.807) is 6.20 Å². The van der Waals surface area contributed by atoms with Crippen molar-refractivity contribution in [2.75, 3.05) is 6.54 Å². The Labute approximate surface area is 84.8 Å². The van der Waals surface area contributed by atoms with Gasteiger partial charge in [-0.05, 0) is 31.5 Å². The van der Waals surface area contributed by atoms with Crippen LogP contribution in [0.25, 0.3) is 0 Å². The highest BCUT2D eigenvalue weighted by Crippen LogP contribution is 1.96. The molecule has 0 aliphatic rings. The fourth-order valence-corrected chi connectivity index (χ4v) is 1.22. The summed E-state index contributed by atoms with van der Waals surface area (Å²) < 4.78 is 0. The van der Waals surface area contributed by atoms with Gasteiger partial charge < -0.3 is 5.32 Å². The van der Waals surface area contributed by atoms with Crippen LogP contribution in [-0.2, 0) is 6.42 Å². The van der Waals surface area contributed by atoms with Gasteiger partial charge in [0, 0.05) is 18.4 Å². The van der Waals surface area contributed by atoms with E-state index >= 15 is 0 Å². The van der Waals surface area contributed by atoms with Gasteiger partial charge in [0.2, 0.25) is 0 Å². The fraction of sp³-hybridized carbons (Fsp3) is 0.455. The molecular weight excluding hydrogens is 174 g/mol. The zero-order valence-corrected chi connectivity index (χ0v) is 8.40. The van der Waals surface area contributed by atoms with Gasteiger partial charge in [-0.1, -0.05) is 6.07 Å². The van der Waals surface area contributed by atoms with Crippen molar-refractivity contribution in [1.82, 2.24) is 10.3 Å². The average molecular weight is 189 g/mol. The molecule has 1 heterocycles. The standard InChI is InChI=1S/C11H15N3/c1-10(4-6-12)14-8-5-11-3-2-7-13-9-11/h2-3,7,9-10,14H,4-5,8H2,1H3. The van der Waals surface area contributed by atoms with E-state index in [-0.39, 0.29) is 6.04 Å². The molecule has 0 spiro atoms. The number of nitrogens with zero attached hydrogens (tertiary/aromatic N) is 2. The topological polar surface area (TPSA) is 48.7 Å². The van der Waals surface area contributed by atoms with Gasteiger partial charge in [0.1, 0.15) is 0 Å². The lowest BCUT2D eigenvalue weighted by molar-refractivity contribution is 0.560. The minimum Gasteiger partial charge on any atom is -0.313 e. The van der Waals surface area contributed by atoms with Crippen LogP contribution in [0.15, 0.2) is 24.5 Å². The summed E-state index contributed by atoms with van der Waals surface area (Å²) in [5.74, 6) is 0. The minimum absolute atomic E-state index is 0.275. The summed E-state index contributed by atoms with van der Waals surface area (Å²) in [5.41, 5.74) is 1.23. The Morgan fingerprint density at radius 3 is 3.14 bits per heavy atom. The average Bonchev–Trinajstić information content (AvgIpc) is 2.20. The molecule has 0 aliphatic carbocycles. The van der Waals surface area contributed by atoms with Crippen LogP contribution >= 0.6 is 0 Å². The molecule has 1 N–H and O–H groups in total. The second-order valence-corrected chi connectivity index (χ2v) is 3.33. The maximum Gasteiger partial charge on any atom is 0.0638 e. The quantitative estimate of drug-likeness (QED) is 0.764. The maximum atomic E-state index is 8.45. The van der Waals surface area contributed by atoms with Crippen LogP contribution in [0, 0.1) is 11.3 Å². The van der Waals surface area contributed by atoms with Gasteiger partial charge in [0.05, 0.1) is 12.5 Å². The van der Waals surface area contributed by atoms with Gasteiger partial charge >= 0.3 is 0 Å². The SMILES string of the molecule is CC(CC#N)NCCc1cccnc1. The fourth-order valence-electron chi connectivity index (χ4n) is 1.22. The third-order valence-electron chi connectivity index (χ3n) is 2.03. The van der Waals surface area contributed by atoms with Crippen molar-refractivity contribution >= 4 is 0 Å². The normalized spacial score (nSPS) is 12.0. The van der Waals surface area contributed by atoms with E-state index in [9.17, 15) is 0 Å². The van der Waals surface area contributed by atoms with Crippen molar-refractivity contribution in [2.45, 2.75) is 25.8 Å².